The zero-order valence-corrected chi connectivity index (χ0v) is 15.7. The van der Waals surface area contributed by atoms with Gasteiger partial charge in [-0.05, 0) is 74.2 Å². The van der Waals surface area contributed by atoms with Gasteiger partial charge in [-0.25, -0.2) is 0 Å². The summed E-state index contributed by atoms with van der Waals surface area (Å²) in [6.07, 6.45) is 3.75. The van der Waals surface area contributed by atoms with Crippen LogP contribution in [0.2, 0.25) is 0 Å². The normalized spacial score (nSPS) is 18.9. The third kappa shape index (κ3) is 5.35. The van der Waals surface area contributed by atoms with E-state index in [-0.39, 0.29) is 18.0 Å². The van der Waals surface area contributed by atoms with E-state index in [9.17, 15) is 4.79 Å². The van der Waals surface area contributed by atoms with E-state index in [1.807, 2.05) is 36.4 Å². The van der Waals surface area contributed by atoms with Crippen LogP contribution < -0.4 is 9.47 Å². The first-order valence-electron chi connectivity index (χ1n) is 9.18. The van der Waals surface area contributed by atoms with Crippen molar-refractivity contribution < 1.29 is 19.0 Å². The molecule has 0 aliphatic heterocycles. The predicted molar refractivity (Wildman–Crippen MR) is 104 cm³/mol. The molecule has 0 saturated heterocycles. The maximum atomic E-state index is 12.3. The van der Waals surface area contributed by atoms with Gasteiger partial charge in [0.1, 0.15) is 11.5 Å². The zero-order valence-electron chi connectivity index (χ0n) is 15.7. The number of ether oxygens (including phenoxy) is 3. The fourth-order valence-electron chi connectivity index (χ4n) is 3.16. The molecule has 2 aromatic rings. The molecule has 1 aliphatic rings. The number of methoxy groups -OCH3 is 2. The van der Waals surface area contributed by atoms with Crippen LogP contribution in [0.4, 0.5) is 0 Å². The van der Waals surface area contributed by atoms with Crippen molar-refractivity contribution in [1.82, 2.24) is 0 Å². The van der Waals surface area contributed by atoms with E-state index >= 15 is 0 Å². The molecule has 0 amide bonds. The molecule has 0 aromatic heterocycles. The standard InChI is InChI=1S/C23H24O4/c1-25-20-11-5-17(6-12-20)3-4-18-7-13-22(14-8-18)27-23(24)19-9-15-21(26-2)16-10-19/h5-8,11-14,19,21H,9-10,15-16H2,1-2H3. The molecule has 1 fully saturated rings. The van der Waals surface area contributed by atoms with Crippen molar-refractivity contribution in [2.75, 3.05) is 14.2 Å². The lowest BCUT2D eigenvalue weighted by atomic mass is 9.87. The summed E-state index contributed by atoms with van der Waals surface area (Å²) >= 11 is 0. The Hall–Kier alpha value is -2.77. The van der Waals surface area contributed by atoms with Crippen LogP contribution in [0.5, 0.6) is 11.5 Å². The van der Waals surface area contributed by atoms with E-state index in [0.29, 0.717) is 5.75 Å². The minimum atomic E-state index is -0.151. The third-order valence-corrected chi connectivity index (χ3v) is 4.85. The molecule has 3 rings (SSSR count). The van der Waals surface area contributed by atoms with Gasteiger partial charge >= 0.3 is 5.97 Å². The van der Waals surface area contributed by atoms with Crippen molar-refractivity contribution in [3.63, 3.8) is 0 Å². The second-order valence-electron chi connectivity index (χ2n) is 6.63. The molecular weight excluding hydrogens is 340 g/mol. The summed E-state index contributed by atoms with van der Waals surface area (Å²) in [5.74, 6) is 7.40. The maximum absolute atomic E-state index is 12.3. The molecule has 4 heteroatoms. The number of hydrogen-bond donors (Lipinski definition) is 0. The van der Waals surface area contributed by atoms with Crippen molar-refractivity contribution in [3.8, 4) is 23.3 Å². The summed E-state index contributed by atoms with van der Waals surface area (Å²) in [4.78, 5) is 12.3. The Labute approximate surface area is 160 Å². The molecule has 27 heavy (non-hydrogen) atoms. The Morgan fingerprint density at radius 2 is 1.33 bits per heavy atom. The topological polar surface area (TPSA) is 44.8 Å². The van der Waals surface area contributed by atoms with Gasteiger partial charge in [0, 0.05) is 18.2 Å². The lowest BCUT2D eigenvalue weighted by Gasteiger charge is -2.26. The molecule has 4 nitrogen and oxygen atoms in total. The van der Waals surface area contributed by atoms with Crippen LogP contribution in [0.3, 0.4) is 0 Å². The highest BCUT2D eigenvalue weighted by Gasteiger charge is 2.27. The molecule has 2 aromatic carbocycles. The van der Waals surface area contributed by atoms with Crippen LogP contribution in [-0.4, -0.2) is 26.3 Å². The van der Waals surface area contributed by atoms with Gasteiger partial charge in [-0.15, -0.1) is 0 Å². The highest BCUT2D eigenvalue weighted by Crippen LogP contribution is 2.27. The highest BCUT2D eigenvalue weighted by molar-refractivity contribution is 5.75. The van der Waals surface area contributed by atoms with Gasteiger partial charge in [-0.1, -0.05) is 11.8 Å². The summed E-state index contributed by atoms with van der Waals surface area (Å²) in [5, 5.41) is 0. The van der Waals surface area contributed by atoms with Crippen LogP contribution in [0.15, 0.2) is 48.5 Å². The molecule has 140 valence electrons. The fraction of sp³-hybridized carbons (Fsp3) is 0.348. The van der Waals surface area contributed by atoms with Gasteiger partial charge in [-0.2, -0.15) is 0 Å². The number of carbonyl (C=O) groups is 1. The number of esters is 1. The van der Waals surface area contributed by atoms with Crippen LogP contribution in [0, 0.1) is 17.8 Å². The quantitative estimate of drug-likeness (QED) is 0.463. The molecular formula is C23H24O4. The Morgan fingerprint density at radius 1 is 0.815 bits per heavy atom. The van der Waals surface area contributed by atoms with Gasteiger partial charge in [0.25, 0.3) is 0 Å². The molecule has 0 unspecified atom stereocenters. The average Bonchev–Trinajstić information content (AvgIpc) is 2.73. The van der Waals surface area contributed by atoms with Crippen LogP contribution >= 0.6 is 0 Å². The van der Waals surface area contributed by atoms with Crippen molar-refractivity contribution in [1.29, 1.82) is 0 Å². The Kier molecular flexibility index (Phi) is 6.51. The second-order valence-corrected chi connectivity index (χ2v) is 6.63. The van der Waals surface area contributed by atoms with Crippen LogP contribution in [0.25, 0.3) is 0 Å². The lowest BCUT2D eigenvalue weighted by Crippen LogP contribution is -2.28. The van der Waals surface area contributed by atoms with Gasteiger partial charge in [0.2, 0.25) is 0 Å². The largest absolute Gasteiger partial charge is 0.497 e. The predicted octanol–water partition coefficient (Wildman–Crippen LogP) is 4.21. The number of hydrogen-bond acceptors (Lipinski definition) is 4. The second kappa shape index (κ2) is 9.25. The minimum Gasteiger partial charge on any atom is -0.497 e. The Morgan fingerprint density at radius 3 is 1.81 bits per heavy atom. The minimum absolute atomic E-state index is 0.0362. The first kappa shape index (κ1) is 19.0. The molecule has 1 saturated carbocycles. The average molecular weight is 364 g/mol. The van der Waals surface area contributed by atoms with Gasteiger partial charge in [-0.3, -0.25) is 4.79 Å². The molecule has 0 N–H and O–H groups in total. The van der Waals surface area contributed by atoms with Crippen molar-refractivity contribution in [3.05, 3.63) is 59.7 Å². The van der Waals surface area contributed by atoms with Crippen molar-refractivity contribution in [2.45, 2.75) is 31.8 Å². The van der Waals surface area contributed by atoms with Gasteiger partial charge < -0.3 is 14.2 Å². The summed E-state index contributed by atoms with van der Waals surface area (Å²) in [7, 11) is 3.36. The fourth-order valence-corrected chi connectivity index (χ4v) is 3.16. The molecule has 1 aliphatic carbocycles. The number of rotatable bonds is 4. The molecule has 0 atom stereocenters. The maximum Gasteiger partial charge on any atom is 0.314 e. The van der Waals surface area contributed by atoms with E-state index in [2.05, 4.69) is 11.8 Å². The van der Waals surface area contributed by atoms with Crippen molar-refractivity contribution >= 4 is 5.97 Å². The summed E-state index contributed by atoms with van der Waals surface area (Å²) in [6, 6.07) is 14.9. The van der Waals surface area contributed by atoms with Crippen molar-refractivity contribution in [2.24, 2.45) is 5.92 Å². The summed E-state index contributed by atoms with van der Waals surface area (Å²) in [6.45, 7) is 0. The lowest BCUT2D eigenvalue weighted by molar-refractivity contribution is -0.140. The van der Waals surface area contributed by atoms with Crippen LogP contribution in [0.1, 0.15) is 36.8 Å². The smallest absolute Gasteiger partial charge is 0.314 e. The van der Waals surface area contributed by atoms with E-state index in [1.165, 1.54) is 0 Å². The molecule has 0 heterocycles. The molecule has 0 bridgehead atoms. The third-order valence-electron chi connectivity index (χ3n) is 4.85. The Balaban J connectivity index is 1.56. The van der Waals surface area contributed by atoms with Gasteiger partial charge in [0.05, 0.1) is 19.1 Å². The van der Waals surface area contributed by atoms with Gasteiger partial charge in [0.15, 0.2) is 0 Å². The van der Waals surface area contributed by atoms with E-state index in [0.717, 1.165) is 42.6 Å². The van der Waals surface area contributed by atoms with Crippen LogP contribution in [-0.2, 0) is 9.53 Å². The molecule has 0 radical (unpaired) electrons. The first-order chi connectivity index (χ1) is 13.2. The zero-order chi connectivity index (χ0) is 19.1. The Bertz CT molecular complexity index is 804. The van der Waals surface area contributed by atoms with E-state index < -0.39 is 0 Å². The highest BCUT2D eigenvalue weighted by atomic mass is 16.5. The molecule has 0 spiro atoms. The monoisotopic (exact) mass is 364 g/mol. The van der Waals surface area contributed by atoms with E-state index in [1.54, 1.807) is 26.4 Å². The number of benzene rings is 2. The summed E-state index contributed by atoms with van der Waals surface area (Å²) < 4.78 is 16.0. The SMILES string of the molecule is COc1ccc(C#Cc2ccc(OC(=O)C3CCC(OC)CC3)cc2)cc1. The number of carbonyl (C=O) groups excluding carboxylic acids is 1. The first-order valence-corrected chi connectivity index (χ1v) is 9.18. The van der Waals surface area contributed by atoms with E-state index in [4.69, 9.17) is 14.2 Å². The summed E-state index contributed by atoms with van der Waals surface area (Å²) in [5.41, 5.74) is 1.78.